The predicted molar refractivity (Wildman–Crippen MR) is 97.7 cm³/mol. The van der Waals surface area contributed by atoms with Gasteiger partial charge in [0, 0.05) is 24.2 Å². The standard InChI is InChI=1S/C18H14F3N7O/c1-27(8-12-4-3-11(7-23-12)18(19,20)21)16(29)10-2-5-14-13(6-10)15-26-24-9-28(15)17(22)25-14/h2-7,9H,8H2,1H3,(H2,22,25). The molecule has 0 saturated carbocycles. The van der Waals surface area contributed by atoms with E-state index >= 15 is 0 Å². The molecule has 0 bridgehead atoms. The van der Waals surface area contributed by atoms with E-state index in [9.17, 15) is 18.0 Å². The average molecular weight is 401 g/mol. The summed E-state index contributed by atoms with van der Waals surface area (Å²) in [6.07, 6.45) is -2.28. The molecule has 3 heterocycles. The Labute approximate surface area is 161 Å². The van der Waals surface area contributed by atoms with Gasteiger partial charge in [-0.05, 0) is 30.3 Å². The Morgan fingerprint density at radius 1 is 1.24 bits per heavy atom. The number of halogens is 3. The maximum Gasteiger partial charge on any atom is 0.417 e. The first-order valence-corrected chi connectivity index (χ1v) is 8.40. The van der Waals surface area contributed by atoms with Crippen molar-refractivity contribution >= 4 is 28.4 Å². The number of nitrogen functional groups attached to an aromatic ring is 1. The number of amides is 1. The fourth-order valence-corrected chi connectivity index (χ4v) is 2.93. The number of hydrogen-bond acceptors (Lipinski definition) is 6. The summed E-state index contributed by atoms with van der Waals surface area (Å²) in [5.41, 5.74) is 6.75. The van der Waals surface area contributed by atoms with Crippen molar-refractivity contribution in [2.45, 2.75) is 12.7 Å². The number of nitrogens with zero attached hydrogens (tertiary/aromatic N) is 6. The third-order valence-corrected chi connectivity index (χ3v) is 4.41. The van der Waals surface area contributed by atoms with E-state index in [1.54, 1.807) is 25.2 Å². The minimum atomic E-state index is -4.46. The van der Waals surface area contributed by atoms with Crippen LogP contribution in [0.5, 0.6) is 0 Å². The molecule has 3 aromatic heterocycles. The third-order valence-electron chi connectivity index (χ3n) is 4.41. The normalized spacial score (nSPS) is 11.9. The van der Waals surface area contributed by atoms with Crippen LogP contribution in [-0.2, 0) is 12.7 Å². The highest BCUT2D eigenvalue weighted by Crippen LogP contribution is 2.28. The number of hydrogen-bond donors (Lipinski definition) is 1. The van der Waals surface area contributed by atoms with E-state index in [0.717, 1.165) is 12.3 Å². The lowest BCUT2D eigenvalue weighted by Gasteiger charge is -2.17. The van der Waals surface area contributed by atoms with Gasteiger partial charge < -0.3 is 10.6 Å². The number of benzene rings is 1. The highest BCUT2D eigenvalue weighted by atomic mass is 19.4. The number of fused-ring (bicyclic) bond motifs is 3. The van der Waals surface area contributed by atoms with Crippen LogP contribution in [0.2, 0.25) is 0 Å². The zero-order valence-corrected chi connectivity index (χ0v) is 15.1. The molecule has 0 saturated heterocycles. The summed E-state index contributed by atoms with van der Waals surface area (Å²) in [4.78, 5) is 22.2. The van der Waals surface area contributed by atoms with Gasteiger partial charge in [-0.2, -0.15) is 13.2 Å². The van der Waals surface area contributed by atoms with Crippen LogP contribution >= 0.6 is 0 Å². The van der Waals surface area contributed by atoms with Crippen molar-refractivity contribution in [2.24, 2.45) is 0 Å². The molecule has 0 fully saturated rings. The SMILES string of the molecule is CN(Cc1ccc(C(F)(F)F)cn1)C(=O)c1ccc2nc(N)n3cnnc3c2c1. The van der Waals surface area contributed by atoms with Gasteiger partial charge in [-0.25, -0.2) is 4.98 Å². The summed E-state index contributed by atoms with van der Waals surface area (Å²) in [7, 11) is 1.54. The van der Waals surface area contributed by atoms with Gasteiger partial charge in [0.05, 0.1) is 23.3 Å². The summed E-state index contributed by atoms with van der Waals surface area (Å²) in [6.45, 7) is 0.0509. The van der Waals surface area contributed by atoms with Crippen LogP contribution in [0.15, 0.2) is 42.9 Å². The van der Waals surface area contributed by atoms with Gasteiger partial charge in [0.2, 0.25) is 5.95 Å². The maximum atomic E-state index is 12.8. The minimum Gasteiger partial charge on any atom is -0.369 e. The molecule has 0 spiro atoms. The minimum absolute atomic E-state index is 0.0509. The summed E-state index contributed by atoms with van der Waals surface area (Å²) < 4.78 is 39.4. The van der Waals surface area contributed by atoms with Crippen molar-refractivity contribution in [1.82, 2.24) is 29.5 Å². The maximum absolute atomic E-state index is 12.8. The molecule has 29 heavy (non-hydrogen) atoms. The molecule has 2 N–H and O–H groups in total. The van der Waals surface area contributed by atoms with Crippen molar-refractivity contribution in [2.75, 3.05) is 12.8 Å². The molecule has 0 aliphatic rings. The van der Waals surface area contributed by atoms with E-state index in [1.807, 2.05) is 0 Å². The molecule has 8 nitrogen and oxygen atoms in total. The molecule has 0 atom stereocenters. The van der Waals surface area contributed by atoms with Gasteiger partial charge in [0.15, 0.2) is 5.65 Å². The Balaban J connectivity index is 1.60. The number of nitrogens with two attached hydrogens (primary N) is 1. The van der Waals surface area contributed by atoms with Crippen molar-refractivity contribution in [1.29, 1.82) is 0 Å². The second-order valence-corrected chi connectivity index (χ2v) is 6.42. The molecule has 11 heteroatoms. The quantitative estimate of drug-likeness (QED) is 0.566. The van der Waals surface area contributed by atoms with Gasteiger partial charge in [0.25, 0.3) is 5.91 Å². The molecule has 1 amide bonds. The van der Waals surface area contributed by atoms with Gasteiger partial charge in [0.1, 0.15) is 6.33 Å². The number of alkyl halides is 3. The molecular weight excluding hydrogens is 387 g/mol. The molecular formula is C18H14F3N7O. The lowest BCUT2D eigenvalue weighted by atomic mass is 10.1. The molecule has 0 aliphatic carbocycles. The van der Waals surface area contributed by atoms with Crippen LogP contribution in [-0.4, -0.2) is 42.4 Å². The number of pyridine rings is 1. The van der Waals surface area contributed by atoms with E-state index in [0.29, 0.717) is 27.8 Å². The van der Waals surface area contributed by atoms with Crippen molar-refractivity contribution < 1.29 is 18.0 Å². The van der Waals surface area contributed by atoms with Crippen molar-refractivity contribution in [3.63, 3.8) is 0 Å². The van der Waals surface area contributed by atoms with Gasteiger partial charge >= 0.3 is 6.18 Å². The zero-order chi connectivity index (χ0) is 20.8. The van der Waals surface area contributed by atoms with Crippen molar-refractivity contribution in [3.05, 3.63) is 59.7 Å². The molecule has 4 aromatic rings. The van der Waals surface area contributed by atoms with Crippen LogP contribution in [0.25, 0.3) is 16.6 Å². The number of aromatic nitrogens is 5. The Bertz CT molecular complexity index is 1220. The number of rotatable bonds is 3. The van der Waals surface area contributed by atoms with Crippen LogP contribution in [0.3, 0.4) is 0 Å². The lowest BCUT2D eigenvalue weighted by molar-refractivity contribution is -0.137. The first kappa shape index (κ1) is 18.6. The zero-order valence-electron chi connectivity index (χ0n) is 15.1. The summed E-state index contributed by atoms with van der Waals surface area (Å²) in [6, 6.07) is 7.07. The monoisotopic (exact) mass is 401 g/mol. The van der Waals surface area contributed by atoms with Gasteiger partial charge in [-0.1, -0.05) is 0 Å². The number of carbonyl (C=O) groups is 1. The largest absolute Gasteiger partial charge is 0.417 e. The first-order valence-electron chi connectivity index (χ1n) is 8.40. The summed E-state index contributed by atoms with van der Waals surface area (Å²) >= 11 is 0. The van der Waals surface area contributed by atoms with Gasteiger partial charge in [-0.15, -0.1) is 10.2 Å². The molecule has 0 aliphatic heterocycles. The van der Waals surface area contributed by atoms with E-state index in [1.165, 1.54) is 21.7 Å². The van der Waals surface area contributed by atoms with Crippen LogP contribution in [0.1, 0.15) is 21.6 Å². The second-order valence-electron chi connectivity index (χ2n) is 6.42. The highest BCUT2D eigenvalue weighted by Gasteiger charge is 2.30. The average Bonchev–Trinajstić information content (AvgIpc) is 3.18. The molecule has 0 unspecified atom stereocenters. The first-order chi connectivity index (χ1) is 13.7. The lowest BCUT2D eigenvalue weighted by Crippen LogP contribution is -2.26. The van der Waals surface area contributed by atoms with E-state index in [-0.39, 0.29) is 18.4 Å². The Morgan fingerprint density at radius 3 is 2.72 bits per heavy atom. The van der Waals surface area contributed by atoms with E-state index in [4.69, 9.17) is 5.73 Å². The molecule has 0 radical (unpaired) electrons. The molecule has 148 valence electrons. The van der Waals surface area contributed by atoms with Crippen LogP contribution in [0, 0.1) is 0 Å². The summed E-state index contributed by atoms with van der Waals surface area (Å²) in [5.74, 6) is -0.106. The van der Waals surface area contributed by atoms with Crippen molar-refractivity contribution in [3.8, 4) is 0 Å². The molecule has 4 rings (SSSR count). The topological polar surface area (TPSA) is 102 Å². The Morgan fingerprint density at radius 2 is 2.03 bits per heavy atom. The van der Waals surface area contributed by atoms with Crippen LogP contribution in [0.4, 0.5) is 19.1 Å². The molecule has 1 aromatic carbocycles. The summed E-state index contributed by atoms with van der Waals surface area (Å²) in [5, 5.41) is 8.43. The van der Waals surface area contributed by atoms with E-state index < -0.39 is 11.7 Å². The number of anilines is 1. The number of carbonyl (C=O) groups excluding carboxylic acids is 1. The van der Waals surface area contributed by atoms with E-state index in [2.05, 4.69) is 20.2 Å². The fourth-order valence-electron chi connectivity index (χ4n) is 2.93. The third kappa shape index (κ3) is 3.42. The second kappa shape index (κ2) is 6.69. The Kier molecular flexibility index (Phi) is 4.29. The smallest absolute Gasteiger partial charge is 0.369 e. The highest BCUT2D eigenvalue weighted by molar-refractivity contribution is 6.01. The fraction of sp³-hybridized carbons (Fsp3) is 0.167. The van der Waals surface area contributed by atoms with Crippen LogP contribution < -0.4 is 5.73 Å². The van der Waals surface area contributed by atoms with Gasteiger partial charge in [-0.3, -0.25) is 14.2 Å². The predicted octanol–water partition coefficient (Wildman–Crippen LogP) is 2.55. The Hall–Kier alpha value is -3.76.